The van der Waals surface area contributed by atoms with E-state index in [9.17, 15) is 8.42 Å². The Balaban J connectivity index is 2.88. The van der Waals surface area contributed by atoms with Gasteiger partial charge < -0.3 is 5.11 Å². The lowest BCUT2D eigenvalue weighted by Gasteiger charge is -2.18. The second-order valence-corrected chi connectivity index (χ2v) is 6.37. The summed E-state index contributed by atoms with van der Waals surface area (Å²) in [5, 5.41) is 12.0. The van der Waals surface area contributed by atoms with Gasteiger partial charge in [0.1, 0.15) is 5.25 Å². The number of rotatable bonds is 6. The summed E-state index contributed by atoms with van der Waals surface area (Å²) in [6.07, 6.45) is 0.518. The number of aliphatic hydroxyl groups is 1. The third-order valence-electron chi connectivity index (χ3n) is 2.30. The first-order chi connectivity index (χ1) is 7.51. The highest BCUT2D eigenvalue weighted by Gasteiger charge is 2.26. The minimum atomic E-state index is -3.41. The van der Waals surface area contributed by atoms with E-state index in [2.05, 4.69) is 4.72 Å². The van der Waals surface area contributed by atoms with Gasteiger partial charge in [0.25, 0.3) is 0 Å². The Morgan fingerprint density at radius 1 is 1.56 bits per heavy atom. The second kappa shape index (κ2) is 5.77. The van der Waals surface area contributed by atoms with Crippen LogP contribution in [0.25, 0.3) is 0 Å². The smallest absolute Gasteiger partial charge is 0.219 e. The molecule has 0 aliphatic heterocycles. The van der Waals surface area contributed by atoms with Crippen LogP contribution in [0, 0.1) is 0 Å². The quantitative estimate of drug-likeness (QED) is 0.817. The molecule has 1 heterocycles. The van der Waals surface area contributed by atoms with E-state index in [0.29, 0.717) is 6.42 Å². The van der Waals surface area contributed by atoms with Crippen LogP contribution in [0.5, 0.6) is 0 Å². The molecular formula is C10H17NO3S2. The first kappa shape index (κ1) is 13.6. The van der Waals surface area contributed by atoms with Crippen molar-refractivity contribution < 1.29 is 13.5 Å². The number of hydrogen-bond donors (Lipinski definition) is 2. The van der Waals surface area contributed by atoms with Crippen LogP contribution in [0.15, 0.2) is 16.8 Å². The third-order valence-corrected chi connectivity index (χ3v) is 5.09. The summed E-state index contributed by atoms with van der Waals surface area (Å²) in [5.41, 5.74) is 0.810. The molecule has 0 fully saturated rings. The molecule has 2 atom stereocenters. The average molecular weight is 263 g/mol. The first-order valence-electron chi connectivity index (χ1n) is 5.15. The van der Waals surface area contributed by atoms with Gasteiger partial charge in [-0.15, -0.1) is 0 Å². The van der Waals surface area contributed by atoms with Crippen molar-refractivity contribution in [2.75, 3.05) is 6.61 Å². The van der Waals surface area contributed by atoms with Crippen molar-refractivity contribution >= 4 is 21.4 Å². The summed E-state index contributed by atoms with van der Waals surface area (Å²) < 4.78 is 26.5. The zero-order valence-electron chi connectivity index (χ0n) is 9.38. The van der Waals surface area contributed by atoms with E-state index in [1.807, 2.05) is 23.8 Å². The van der Waals surface area contributed by atoms with Crippen molar-refractivity contribution in [2.45, 2.75) is 31.6 Å². The largest absolute Gasteiger partial charge is 0.395 e. The van der Waals surface area contributed by atoms with Crippen LogP contribution in [0.2, 0.25) is 0 Å². The highest BCUT2D eigenvalue weighted by Crippen LogP contribution is 2.26. The molecule has 0 aliphatic carbocycles. The summed E-state index contributed by atoms with van der Waals surface area (Å²) in [5.74, 6) is 0. The number of aliphatic hydroxyl groups excluding tert-OH is 1. The summed E-state index contributed by atoms with van der Waals surface area (Å²) in [6, 6.07) is 1.37. The Hall–Kier alpha value is -0.430. The molecule has 0 radical (unpaired) electrons. The molecule has 1 rings (SSSR count). The number of nitrogens with one attached hydrogen (secondary N) is 1. The highest BCUT2D eigenvalue weighted by molar-refractivity contribution is 7.89. The van der Waals surface area contributed by atoms with Gasteiger partial charge in [0.15, 0.2) is 0 Å². The summed E-state index contributed by atoms with van der Waals surface area (Å²) >= 11 is 1.48. The van der Waals surface area contributed by atoms with Gasteiger partial charge in [-0.25, -0.2) is 13.1 Å². The molecule has 2 unspecified atom stereocenters. The van der Waals surface area contributed by atoms with Crippen molar-refractivity contribution in [1.82, 2.24) is 4.72 Å². The van der Waals surface area contributed by atoms with Gasteiger partial charge >= 0.3 is 0 Å². The van der Waals surface area contributed by atoms with E-state index in [-0.39, 0.29) is 6.61 Å². The van der Waals surface area contributed by atoms with E-state index < -0.39 is 21.3 Å². The topological polar surface area (TPSA) is 66.4 Å². The maximum absolute atomic E-state index is 12.0. The molecule has 1 aromatic heterocycles. The Morgan fingerprint density at radius 3 is 2.69 bits per heavy atom. The van der Waals surface area contributed by atoms with Gasteiger partial charge in [0, 0.05) is 6.04 Å². The zero-order chi connectivity index (χ0) is 12.2. The van der Waals surface area contributed by atoms with Gasteiger partial charge in [0.2, 0.25) is 10.0 Å². The summed E-state index contributed by atoms with van der Waals surface area (Å²) in [7, 11) is -3.41. The highest BCUT2D eigenvalue weighted by atomic mass is 32.2. The Kier molecular flexibility index (Phi) is 4.91. The van der Waals surface area contributed by atoms with Gasteiger partial charge in [-0.2, -0.15) is 11.3 Å². The molecule has 0 spiro atoms. The maximum atomic E-state index is 12.0. The molecule has 0 saturated carbocycles. The molecule has 0 saturated heterocycles. The molecule has 0 aliphatic rings. The van der Waals surface area contributed by atoms with Crippen LogP contribution in [-0.4, -0.2) is 26.2 Å². The fourth-order valence-corrected chi connectivity index (χ4v) is 4.04. The van der Waals surface area contributed by atoms with Crippen molar-refractivity contribution in [3.8, 4) is 0 Å². The van der Waals surface area contributed by atoms with Crippen molar-refractivity contribution in [3.63, 3.8) is 0 Å². The molecular weight excluding hydrogens is 246 g/mol. The molecule has 6 heteroatoms. The Morgan fingerprint density at radius 2 is 2.25 bits per heavy atom. The van der Waals surface area contributed by atoms with Gasteiger partial charge in [-0.3, -0.25) is 0 Å². The minimum absolute atomic E-state index is 0.195. The molecule has 2 N–H and O–H groups in total. The Bertz CT molecular complexity index is 400. The number of thiophene rings is 1. The molecule has 1 aromatic rings. The van der Waals surface area contributed by atoms with Crippen LogP contribution in [0.1, 0.15) is 31.1 Å². The van der Waals surface area contributed by atoms with E-state index >= 15 is 0 Å². The minimum Gasteiger partial charge on any atom is -0.395 e. The van der Waals surface area contributed by atoms with E-state index in [1.165, 1.54) is 11.3 Å². The normalized spacial score (nSPS) is 15.9. The van der Waals surface area contributed by atoms with Crippen molar-refractivity contribution in [2.24, 2.45) is 0 Å². The van der Waals surface area contributed by atoms with Crippen LogP contribution in [-0.2, 0) is 10.0 Å². The van der Waals surface area contributed by atoms with Crippen LogP contribution < -0.4 is 4.72 Å². The molecule has 0 amide bonds. The van der Waals surface area contributed by atoms with Gasteiger partial charge in [-0.05, 0) is 35.7 Å². The molecule has 4 nitrogen and oxygen atoms in total. The lowest BCUT2D eigenvalue weighted by atomic mass is 10.2. The predicted octanol–water partition coefficient (Wildman–Crippen LogP) is 1.50. The van der Waals surface area contributed by atoms with Crippen molar-refractivity contribution in [3.05, 3.63) is 22.4 Å². The molecule has 92 valence electrons. The standard InChI is InChI=1S/C10H17NO3S2/c1-3-10(9-4-5-15-7-9)16(13,14)11-8(2)6-12/h4-5,7-8,10-12H,3,6H2,1-2H3. The van der Waals surface area contributed by atoms with Crippen LogP contribution in [0.3, 0.4) is 0 Å². The number of sulfonamides is 1. The van der Waals surface area contributed by atoms with E-state index in [4.69, 9.17) is 5.11 Å². The number of hydrogen-bond acceptors (Lipinski definition) is 4. The van der Waals surface area contributed by atoms with Crippen molar-refractivity contribution in [1.29, 1.82) is 0 Å². The lowest BCUT2D eigenvalue weighted by Crippen LogP contribution is -2.37. The SMILES string of the molecule is CCC(c1ccsc1)S(=O)(=O)NC(C)CO. The van der Waals surface area contributed by atoms with E-state index in [0.717, 1.165) is 5.56 Å². The average Bonchev–Trinajstić information content (AvgIpc) is 2.70. The molecule has 0 bridgehead atoms. The lowest BCUT2D eigenvalue weighted by molar-refractivity contribution is 0.265. The second-order valence-electron chi connectivity index (χ2n) is 3.70. The Labute approximate surface area is 100 Å². The third kappa shape index (κ3) is 3.28. The van der Waals surface area contributed by atoms with Gasteiger partial charge in [0.05, 0.1) is 6.61 Å². The zero-order valence-corrected chi connectivity index (χ0v) is 11.0. The maximum Gasteiger partial charge on any atom is 0.219 e. The summed E-state index contributed by atoms with van der Waals surface area (Å²) in [6.45, 7) is 3.28. The fourth-order valence-electron chi connectivity index (χ4n) is 1.49. The molecule has 16 heavy (non-hydrogen) atoms. The summed E-state index contributed by atoms with van der Waals surface area (Å²) in [4.78, 5) is 0. The van der Waals surface area contributed by atoms with E-state index in [1.54, 1.807) is 6.92 Å². The first-order valence-corrected chi connectivity index (χ1v) is 7.64. The fraction of sp³-hybridized carbons (Fsp3) is 0.600. The predicted molar refractivity (Wildman–Crippen MR) is 66.0 cm³/mol. The van der Waals surface area contributed by atoms with Gasteiger partial charge in [-0.1, -0.05) is 6.92 Å². The molecule has 0 aromatic carbocycles. The van der Waals surface area contributed by atoms with Crippen LogP contribution >= 0.6 is 11.3 Å². The van der Waals surface area contributed by atoms with Crippen LogP contribution in [0.4, 0.5) is 0 Å². The monoisotopic (exact) mass is 263 g/mol.